The van der Waals surface area contributed by atoms with Crippen LogP contribution in [-0.2, 0) is 4.79 Å². The van der Waals surface area contributed by atoms with Gasteiger partial charge in [0.15, 0.2) is 0 Å². The summed E-state index contributed by atoms with van der Waals surface area (Å²) in [6.07, 6.45) is 0. The first-order valence-corrected chi connectivity index (χ1v) is 7.29. The third-order valence-electron chi connectivity index (χ3n) is 3.73. The highest BCUT2D eigenvalue weighted by atomic mass is 16.5. The number of hydrogen-bond acceptors (Lipinski definition) is 3. The molecule has 0 aliphatic carbocycles. The lowest BCUT2D eigenvalue weighted by molar-refractivity contribution is -0.116. The van der Waals surface area contributed by atoms with Crippen molar-refractivity contribution in [1.29, 1.82) is 0 Å². The predicted octanol–water partition coefficient (Wildman–Crippen LogP) is 3.75. The van der Waals surface area contributed by atoms with Gasteiger partial charge in [-0.2, -0.15) is 0 Å². The van der Waals surface area contributed by atoms with Crippen molar-refractivity contribution in [3.05, 3.63) is 53.6 Å². The van der Waals surface area contributed by atoms with E-state index in [1.807, 2.05) is 50.2 Å². The minimum Gasteiger partial charge on any atom is -0.495 e. The van der Waals surface area contributed by atoms with Gasteiger partial charge in [0, 0.05) is 5.69 Å². The summed E-state index contributed by atoms with van der Waals surface area (Å²) < 4.78 is 5.24. The molecule has 22 heavy (non-hydrogen) atoms. The van der Waals surface area contributed by atoms with Gasteiger partial charge in [0.25, 0.3) is 0 Å². The van der Waals surface area contributed by atoms with Gasteiger partial charge in [0.1, 0.15) is 11.8 Å². The molecule has 4 heteroatoms. The van der Waals surface area contributed by atoms with E-state index in [4.69, 9.17) is 4.74 Å². The summed E-state index contributed by atoms with van der Waals surface area (Å²) in [4.78, 5) is 12.4. The van der Waals surface area contributed by atoms with E-state index in [0.717, 1.165) is 11.3 Å². The monoisotopic (exact) mass is 298 g/mol. The summed E-state index contributed by atoms with van der Waals surface area (Å²) in [5.74, 6) is 0.542. The molecule has 0 unspecified atom stereocenters. The fourth-order valence-corrected chi connectivity index (χ4v) is 2.20. The average molecular weight is 298 g/mol. The van der Waals surface area contributed by atoms with Crippen LogP contribution in [0.1, 0.15) is 18.1 Å². The van der Waals surface area contributed by atoms with E-state index in [-0.39, 0.29) is 11.9 Å². The van der Waals surface area contributed by atoms with Crippen LogP contribution in [0.3, 0.4) is 0 Å². The molecule has 0 bridgehead atoms. The summed E-state index contributed by atoms with van der Waals surface area (Å²) in [5, 5.41) is 6.14. The topological polar surface area (TPSA) is 50.4 Å². The number of amides is 1. The van der Waals surface area contributed by atoms with Gasteiger partial charge in [0.2, 0.25) is 5.91 Å². The second-order valence-corrected chi connectivity index (χ2v) is 5.30. The molecule has 1 atom stereocenters. The third kappa shape index (κ3) is 3.58. The SMILES string of the molecule is COc1ccccc1NC(=O)[C@@H](C)Nc1cccc(C)c1C. The fourth-order valence-electron chi connectivity index (χ4n) is 2.20. The highest BCUT2D eigenvalue weighted by Gasteiger charge is 2.15. The minimum atomic E-state index is -0.356. The van der Waals surface area contributed by atoms with Crippen LogP contribution < -0.4 is 15.4 Å². The molecular formula is C18H22N2O2. The summed E-state index contributed by atoms with van der Waals surface area (Å²) in [6.45, 7) is 5.94. The molecule has 0 radical (unpaired) electrons. The molecule has 0 aliphatic rings. The van der Waals surface area contributed by atoms with Crippen molar-refractivity contribution in [2.24, 2.45) is 0 Å². The van der Waals surface area contributed by atoms with Gasteiger partial charge >= 0.3 is 0 Å². The number of anilines is 2. The Bertz CT molecular complexity index is 668. The van der Waals surface area contributed by atoms with Crippen molar-refractivity contribution in [3.63, 3.8) is 0 Å². The van der Waals surface area contributed by atoms with E-state index in [9.17, 15) is 4.79 Å². The number of benzene rings is 2. The molecule has 0 saturated carbocycles. The van der Waals surface area contributed by atoms with E-state index >= 15 is 0 Å². The smallest absolute Gasteiger partial charge is 0.246 e. The first-order chi connectivity index (χ1) is 10.5. The van der Waals surface area contributed by atoms with E-state index in [1.165, 1.54) is 5.56 Å². The molecule has 0 saturated heterocycles. The average Bonchev–Trinajstić information content (AvgIpc) is 2.52. The van der Waals surface area contributed by atoms with Gasteiger partial charge in [-0.1, -0.05) is 24.3 Å². The number of nitrogens with one attached hydrogen (secondary N) is 2. The van der Waals surface area contributed by atoms with E-state index in [1.54, 1.807) is 7.11 Å². The molecule has 116 valence electrons. The molecule has 0 spiro atoms. The predicted molar refractivity (Wildman–Crippen MR) is 90.6 cm³/mol. The largest absolute Gasteiger partial charge is 0.495 e. The second kappa shape index (κ2) is 6.98. The molecule has 2 N–H and O–H groups in total. The van der Waals surface area contributed by atoms with Gasteiger partial charge in [-0.3, -0.25) is 4.79 Å². The zero-order valence-corrected chi connectivity index (χ0v) is 13.4. The highest BCUT2D eigenvalue weighted by molar-refractivity contribution is 5.97. The highest BCUT2D eigenvalue weighted by Crippen LogP contribution is 2.24. The van der Waals surface area contributed by atoms with Crippen LogP contribution in [0.5, 0.6) is 5.75 Å². The van der Waals surface area contributed by atoms with Crippen molar-refractivity contribution in [2.45, 2.75) is 26.8 Å². The Labute approximate surface area is 131 Å². The summed E-state index contributed by atoms with van der Waals surface area (Å²) >= 11 is 0. The van der Waals surface area contributed by atoms with Crippen LogP contribution in [0.4, 0.5) is 11.4 Å². The Morgan fingerprint density at radius 1 is 1.05 bits per heavy atom. The van der Waals surface area contributed by atoms with Crippen molar-refractivity contribution in [1.82, 2.24) is 0 Å². The van der Waals surface area contributed by atoms with E-state index in [0.29, 0.717) is 11.4 Å². The van der Waals surface area contributed by atoms with Crippen molar-refractivity contribution < 1.29 is 9.53 Å². The Morgan fingerprint density at radius 2 is 1.73 bits per heavy atom. The molecule has 1 amide bonds. The number of para-hydroxylation sites is 2. The molecule has 0 aliphatic heterocycles. The third-order valence-corrected chi connectivity index (χ3v) is 3.73. The molecule has 0 fully saturated rings. The maximum Gasteiger partial charge on any atom is 0.246 e. The zero-order chi connectivity index (χ0) is 16.1. The number of ether oxygens (including phenoxy) is 1. The molecule has 4 nitrogen and oxygen atoms in total. The van der Waals surface area contributed by atoms with Gasteiger partial charge in [-0.15, -0.1) is 0 Å². The lowest BCUT2D eigenvalue weighted by Crippen LogP contribution is -2.32. The molecule has 2 aromatic rings. The van der Waals surface area contributed by atoms with Crippen molar-refractivity contribution in [2.75, 3.05) is 17.7 Å². The number of carbonyl (C=O) groups is 1. The number of rotatable bonds is 5. The van der Waals surface area contributed by atoms with E-state index in [2.05, 4.69) is 23.6 Å². The second-order valence-electron chi connectivity index (χ2n) is 5.30. The van der Waals surface area contributed by atoms with Crippen molar-refractivity contribution in [3.8, 4) is 5.75 Å². The number of carbonyl (C=O) groups excluding carboxylic acids is 1. The first-order valence-electron chi connectivity index (χ1n) is 7.29. The maximum absolute atomic E-state index is 12.4. The summed E-state index contributed by atoms with van der Waals surface area (Å²) in [5.41, 5.74) is 3.99. The molecule has 2 rings (SSSR count). The normalized spacial score (nSPS) is 11.6. The van der Waals surface area contributed by atoms with Crippen LogP contribution in [0.25, 0.3) is 0 Å². The number of aryl methyl sites for hydroxylation is 1. The Hall–Kier alpha value is -2.49. The Kier molecular flexibility index (Phi) is 5.04. The van der Waals surface area contributed by atoms with Gasteiger partial charge < -0.3 is 15.4 Å². The zero-order valence-electron chi connectivity index (χ0n) is 13.4. The van der Waals surface area contributed by atoms with Gasteiger partial charge in [-0.25, -0.2) is 0 Å². The number of hydrogen-bond donors (Lipinski definition) is 2. The standard InChI is InChI=1S/C18H22N2O2/c1-12-8-7-10-15(13(12)2)19-14(3)18(21)20-16-9-5-6-11-17(16)22-4/h5-11,14,19H,1-4H3,(H,20,21)/t14-/m1/s1. The van der Waals surface area contributed by atoms with Gasteiger partial charge in [-0.05, 0) is 50.1 Å². The lowest BCUT2D eigenvalue weighted by Gasteiger charge is -2.18. The first kappa shape index (κ1) is 15.9. The Balaban J connectivity index is 2.08. The molecule has 0 aromatic heterocycles. The van der Waals surface area contributed by atoms with Gasteiger partial charge in [0.05, 0.1) is 12.8 Å². The quantitative estimate of drug-likeness (QED) is 0.884. The molecule has 2 aromatic carbocycles. The molecule has 0 heterocycles. The van der Waals surface area contributed by atoms with Crippen molar-refractivity contribution >= 4 is 17.3 Å². The summed E-state index contributed by atoms with van der Waals surface area (Å²) in [7, 11) is 1.59. The van der Waals surface area contributed by atoms with Crippen LogP contribution >= 0.6 is 0 Å². The van der Waals surface area contributed by atoms with E-state index < -0.39 is 0 Å². The maximum atomic E-state index is 12.4. The fraction of sp³-hybridized carbons (Fsp3) is 0.278. The Morgan fingerprint density at radius 3 is 2.45 bits per heavy atom. The minimum absolute atomic E-state index is 0.106. The lowest BCUT2D eigenvalue weighted by atomic mass is 10.1. The molecular weight excluding hydrogens is 276 g/mol. The van der Waals surface area contributed by atoms with Crippen LogP contribution in [-0.4, -0.2) is 19.1 Å². The van der Waals surface area contributed by atoms with Crippen LogP contribution in [0.15, 0.2) is 42.5 Å². The van der Waals surface area contributed by atoms with Crippen LogP contribution in [0, 0.1) is 13.8 Å². The van der Waals surface area contributed by atoms with Crippen LogP contribution in [0.2, 0.25) is 0 Å². The summed E-state index contributed by atoms with van der Waals surface area (Å²) in [6, 6.07) is 13.0. The number of methoxy groups -OCH3 is 1.